The first-order chi connectivity index (χ1) is 10.2. The molecule has 3 rings (SSSR count). The average molecular weight is 293 g/mol. The molecule has 112 valence electrons. The molecule has 1 aliphatic rings. The third-order valence-corrected chi connectivity index (χ3v) is 3.31. The molecule has 0 aliphatic carbocycles. The van der Waals surface area contributed by atoms with Crippen LogP contribution in [-0.2, 0) is 11.3 Å². The highest BCUT2D eigenvalue weighted by molar-refractivity contribution is 5.22. The van der Waals surface area contributed by atoms with E-state index in [1.807, 2.05) is 0 Å². The molecule has 1 fully saturated rings. The van der Waals surface area contributed by atoms with Crippen molar-refractivity contribution in [1.29, 1.82) is 0 Å². The molecule has 2 aromatic rings. The number of ether oxygens (including phenoxy) is 2. The lowest BCUT2D eigenvalue weighted by molar-refractivity contribution is 0.0307. The van der Waals surface area contributed by atoms with Crippen molar-refractivity contribution in [2.24, 2.45) is 5.73 Å². The fraction of sp³-hybridized carbons (Fsp3) is 0.429. The summed E-state index contributed by atoms with van der Waals surface area (Å²) in [6, 6.07) is 5.75. The third kappa shape index (κ3) is 3.37. The standard InChI is InChI=1S/C14H16FN3O3/c15-9-1-3-10(4-2-9)19-8-13-17-14(21-18-13)12-6-5-11(7-16)20-12/h1-4,11-12H,5-8,16H2/t11-,12+/m0/s1. The highest BCUT2D eigenvalue weighted by Crippen LogP contribution is 2.31. The molecule has 2 atom stereocenters. The minimum Gasteiger partial charge on any atom is -0.485 e. The smallest absolute Gasteiger partial charge is 0.255 e. The molecular formula is C14H16FN3O3. The van der Waals surface area contributed by atoms with E-state index in [2.05, 4.69) is 10.1 Å². The van der Waals surface area contributed by atoms with Crippen LogP contribution in [0.25, 0.3) is 0 Å². The summed E-state index contributed by atoms with van der Waals surface area (Å²) in [5, 5.41) is 3.85. The van der Waals surface area contributed by atoms with E-state index in [1.54, 1.807) is 12.1 Å². The molecule has 1 aliphatic heterocycles. The summed E-state index contributed by atoms with van der Waals surface area (Å²) >= 11 is 0. The molecule has 1 aromatic carbocycles. The monoisotopic (exact) mass is 293 g/mol. The van der Waals surface area contributed by atoms with Crippen LogP contribution in [-0.4, -0.2) is 22.8 Å². The van der Waals surface area contributed by atoms with E-state index in [-0.39, 0.29) is 24.6 Å². The van der Waals surface area contributed by atoms with Gasteiger partial charge in [-0.15, -0.1) is 0 Å². The van der Waals surface area contributed by atoms with Crippen LogP contribution < -0.4 is 10.5 Å². The van der Waals surface area contributed by atoms with Crippen molar-refractivity contribution in [3.05, 3.63) is 41.8 Å². The van der Waals surface area contributed by atoms with E-state index in [0.717, 1.165) is 12.8 Å². The first-order valence-electron chi connectivity index (χ1n) is 6.81. The van der Waals surface area contributed by atoms with E-state index in [4.69, 9.17) is 19.7 Å². The maximum atomic E-state index is 12.8. The van der Waals surface area contributed by atoms with Crippen molar-refractivity contribution in [2.45, 2.75) is 31.7 Å². The molecule has 1 aromatic heterocycles. The Balaban J connectivity index is 1.57. The fourth-order valence-corrected chi connectivity index (χ4v) is 2.20. The van der Waals surface area contributed by atoms with E-state index >= 15 is 0 Å². The quantitative estimate of drug-likeness (QED) is 0.907. The molecule has 0 unspecified atom stereocenters. The van der Waals surface area contributed by atoms with Crippen molar-refractivity contribution in [3.8, 4) is 5.75 Å². The van der Waals surface area contributed by atoms with Crippen LogP contribution in [0.15, 0.2) is 28.8 Å². The Morgan fingerprint density at radius 1 is 1.29 bits per heavy atom. The number of halogens is 1. The number of aromatic nitrogens is 2. The second-order valence-corrected chi connectivity index (χ2v) is 4.85. The van der Waals surface area contributed by atoms with Crippen LogP contribution in [0.1, 0.15) is 30.7 Å². The first kappa shape index (κ1) is 14.0. The highest BCUT2D eigenvalue weighted by Gasteiger charge is 2.29. The Labute approximate surface area is 121 Å². The second kappa shape index (κ2) is 6.19. The van der Waals surface area contributed by atoms with Crippen molar-refractivity contribution >= 4 is 0 Å². The van der Waals surface area contributed by atoms with Gasteiger partial charge in [-0.3, -0.25) is 0 Å². The number of nitrogens with zero attached hydrogens (tertiary/aromatic N) is 2. The van der Waals surface area contributed by atoms with Gasteiger partial charge in [-0.05, 0) is 37.1 Å². The molecule has 2 N–H and O–H groups in total. The van der Waals surface area contributed by atoms with Gasteiger partial charge in [0.1, 0.15) is 17.7 Å². The molecule has 0 amide bonds. The van der Waals surface area contributed by atoms with Gasteiger partial charge in [0.15, 0.2) is 6.61 Å². The van der Waals surface area contributed by atoms with Crippen molar-refractivity contribution < 1.29 is 18.4 Å². The van der Waals surface area contributed by atoms with Crippen LogP contribution in [0.5, 0.6) is 5.75 Å². The van der Waals surface area contributed by atoms with Crippen molar-refractivity contribution in [1.82, 2.24) is 10.1 Å². The lowest BCUT2D eigenvalue weighted by Gasteiger charge is -2.07. The van der Waals surface area contributed by atoms with E-state index in [9.17, 15) is 4.39 Å². The fourth-order valence-electron chi connectivity index (χ4n) is 2.20. The zero-order chi connectivity index (χ0) is 14.7. The number of hydrogen-bond acceptors (Lipinski definition) is 6. The number of hydrogen-bond donors (Lipinski definition) is 1. The summed E-state index contributed by atoms with van der Waals surface area (Å²) < 4.78 is 29.1. The summed E-state index contributed by atoms with van der Waals surface area (Å²) in [6.45, 7) is 0.646. The summed E-state index contributed by atoms with van der Waals surface area (Å²) in [6.07, 6.45) is 1.58. The zero-order valence-corrected chi connectivity index (χ0v) is 11.4. The molecule has 7 heteroatoms. The van der Waals surface area contributed by atoms with Gasteiger partial charge in [0.25, 0.3) is 5.89 Å². The first-order valence-corrected chi connectivity index (χ1v) is 6.81. The second-order valence-electron chi connectivity index (χ2n) is 4.85. The van der Waals surface area contributed by atoms with Crippen LogP contribution in [0.4, 0.5) is 4.39 Å². The van der Waals surface area contributed by atoms with Crippen molar-refractivity contribution in [3.63, 3.8) is 0 Å². The van der Waals surface area contributed by atoms with Gasteiger partial charge in [-0.1, -0.05) is 5.16 Å². The molecule has 0 bridgehead atoms. The summed E-state index contributed by atoms with van der Waals surface area (Å²) in [4.78, 5) is 4.25. The largest absolute Gasteiger partial charge is 0.485 e. The maximum Gasteiger partial charge on any atom is 0.255 e. The van der Waals surface area contributed by atoms with Gasteiger partial charge in [0.05, 0.1) is 6.10 Å². The van der Waals surface area contributed by atoms with Gasteiger partial charge in [0.2, 0.25) is 5.82 Å². The molecule has 1 saturated heterocycles. The van der Waals surface area contributed by atoms with Gasteiger partial charge < -0.3 is 19.7 Å². The molecule has 0 spiro atoms. The molecule has 0 saturated carbocycles. The van der Waals surface area contributed by atoms with Crippen molar-refractivity contribution in [2.75, 3.05) is 6.54 Å². The normalized spacial score (nSPS) is 21.6. The lowest BCUT2D eigenvalue weighted by atomic mass is 10.2. The van der Waals surface area contributed by atoms with Gasteiger partial charge >= 0.3 is 0 Å². The Hall–Kier alpha value is -1.99. The Morgan fingerprint density at radius 2 is 2.10 bits per heavy atom. The van der Waals surface area contributed by atoms with Crippen LogP contribution in [0.3, 0.4) is 0 Å². The highest BCUT2D eigenvalue weighted by atomic mass is 19.1. The summed E-state index contributed by atoms with van der Waals surface area (Å²) in [7, 11) is 0. The number of nitrogens with two attached hydrogens (primary N) is 1. The number of benzene rings is 1. The molecule has 2 heterocycles. The minimum atomic E-state index is -0.308. The van der Waals surface area contributed by atoms with Gasteiger partial charge in [0, 0.05) is 6.54 Å². The molecule has 21 heavy (non-hydrogen) atoms. The van der Waals surface area contributed by atoms with Crippen LogP contribution in [0, 0.1) is 5.82 Å². The summed E-state index contributed by atoms with van der Waals surface area (Å²) in [5.41, 5.74) is 5.56. The molecule has 6 nitrogen and oxygen atoms in total. The van der Waals surface area contributed by atoms with Crippen LogP contribution >= 0.6 is 0 Å². The minimum absolute atomic E-state index is 0.0563. The lowest BCUT2D eigenvalue weighted by Crippen LogP contribution is -2.18. The topological polar surface area (TPSA) is 83.4 Å². The number of rotatable bonds is 5. The third-order valence-electron chi connectivity index (χ3n) is 3.31. The van der Waals surface area contributed by atoms with Gasteiger partial charge in [-0.25, -0.2) is 4.39 Å². The van der Waals surface area contributed by atoms with Crippen LogP contribution in [0.2, 0.25) is 0 Å². The SMILES string of the molecule is NC[C@@H]1CC[C@H](c2nc(COc3ccc(F)cc3)no2)O1. The predicted octanol–water partition coefficient (Wildman–Crippen LogP) is 1.97. The Bertz CT molecular complexity index is 587. The summed E-state index contributed by atoms with van der Waals surface area (Å²) in [5.74, 6) is 1.11. The maximum absolute atomic E-state index is 12.8. The zero-order valence-electron chi connectivity index (χ0n) is 11.4. The Morgan fingerprint density at radius 3 is 2.81 bits per heavy atom. The molecular weight excluding hydrogens is 277 g/mol. The Kier molecular flexibility index (Phi) is 4.12. The van der Waals surface area contributed by atoms with E-state index < -0.39 is 0 Å². The van der Waals surface area contributed by atoms with Gasteiger partial charge in [-0.2, -0.15) is 4.98 Å². The predicted molar refractivity (Wildman–Crippen MR) is 70.9 cm³/mol. The molecule has 0 radical (unpaired) electrons. The van der Waals surface area contributed by atoms with E-state index in [0.29, 0.717) is 24.0 Å². The average Bonchev–Trinajstić information content (AvgIpc) is 3.15. The van der Waals surface area contributed by atoms with E-state index in [1.165, 1.54) is 12.1 Å².